The molecule has 0 saturated heterocycles. The molecule has 4 nitrogen and oxygen atoms in total. The molecule has 1 fully saturated rings. The summed E-state index contributed by atoms with van der Waals surface area (Å²) in [5.41, 5.74) is 2.14. The van der Waals surface area contributed by atoms with E-state index in [1.54, 1.807) is 0 Å². The van der Waals surface area contributed by atoms with Gasteiger partial charge in [0.25, 0.3) is 0 Å². The molecule has 0 bridgehead atoms. The van der Waals surface area contributed by atoms with Crippen LogP contribution >= 0.6 is 11.6 Å². The lowest BCUT2D eigenvalue weighted by Gasteiger charge is -2.14. The zero-order valence-corrected chi connectivity index (χ0v) is 15.5. The summed E-state index contributed by atoms with van der Waals surface area (Å²) in [7, 11) is 0. The van der Waals surface area contributed by atoms with Gasteiger partial charge in [0.15, 0.2) is 0 Å². The standard InChI is InChI=1S/C21H23ClN2O2/c1-14(16-7-3-2-4-8-16)24-21(26)19-13-18(19)20(25)23-11-10-15-6-5-9-17(22)12-15/h2-9,12,14,18-19H,10-11,13H2,1H3,(H,23,25)(H,24,26). The molecule has 2 aromatic carbocycles. The van der Waals surface area contributed by atoms with Crippen LogP contribution in [0, 0.1) is 11.8 Å². The van der Waals surface area contributed by atoms with E-state index in [1.165, 1.54) is 0 Å². The van der Waals surface area contributed by atoms with Crippen LogP contribution in [0.3, 0.4) is 0 Å². The highest BCUT2D eigenvalue weighted by Crippen LogP contribution is 2.39. The molecule has 1 saturated carbocycles. The van der Waals surface area contributed by atoms with E-state index < -0.39 is 0 Å². The Morgan fingerprint density at radius 3 is 2.54 bits per heavy atom. The Bertz CT molecular complexity index is 779. The summed E-state index contributed by atoms with van der Waals surface area (Å²) in [5.74, 6) is -0.513. The van der Waals surface area contributed by atoms with Crippen LogP contribution in [0.25, 0.3) is 0 Å². The fourth-order valence-electron chi connectivity index (χ4n) is 3.07. The molecule has 0 spiro atoms. The highest BCUT2D eigenvalue weighted by molar-refractivity contribution is 6.30. The molecule has 3 atom stereocenters. The van der Waals surface area contributed by atoms with Gasteiger partial charge in [-0.2, -0.15) is 0 Å². The van der Waals surface area contributed by atoms with Crippen molar-refractivity contribution in [2.45, 2.75) is 25.8 Å². The fourth-order valence-corrected chi connectivity index (χ4v) is 3.29. The average molecular weight is 371 g/mol. The summed E-state index contributed by atoms with van der Waals surface area (Å²) >= 11 is 5.95. The third-order valence-corrected chi connectivity index (χ3v) is 4.96. The van der Waals surface area contributed by atoms with E-state index in [0.29, 0.717) is 18.0 Å². The van der Waals surface area contributed by atoms with Crippen molar-refractivity contribution in [2.24, 2.45) is 11.8 Å². The molecular weight excluding hydrogens is 348 g/mol. The smallest absolute Gasteiger partial charge is 0.224 e. The Kier molecular flexibility index (Phi) is 5.94. The largest absolute Gasteiger partial charge is 0.356 e. The molecule has 3 unspecified atom stereocenters. The van der Waals surface area contributed by atoms with Crippen LogP contribution in [0.4, 0.5) is 0 Å². The second-order valence-corrected chi connectivity index (χ2v) is 7.20. The molecule has 2 N–H and O–H groups in total. The molecular formula is C21H23ClN2O2. The van der Waals surface area contributed by atoms with Gasteiger partial charge in [-0.3, -0.25) is 9.59 Å². The molecule has 26 heavy (non-hydrogen) atoms. The monoisotopic (exact) mass is 370 g/mol. The van der Waals surface area contributed by atoms with Crippen LogP contribution in [-0.2, 0) is 16.0 Å². The molecule has 0 heterocycles. The molecule has 1 aliphatic rings. The first-order valence-electron chi connectivity index (χ1n) is 8.92. The van der Waals surface area contributed by atoms with Gasteiger partial charge >= 0.3 is 0 Å². The minimum absolute atomic E-state index is 0.0421. The Balaban J connectivity index is 1.41. The fraction of sp³-hybridized carbons (Fsp3) is 0.333. The van der Waals surface area contributed by atoms with E-state index in [9.17, 15) is 9.59 Å². The maximum Gasteiger partial charge on any atom is 0.224 e. The van der Waals surface area contributed by atoms with Crippen molar-refractivity contribution in [3.63, 3.8) is 0 Å². The third kappa shape index (κ3) is 4.85. The van der Waals surface area contributed by atoms with Gasteiger partial charge in [-0.15, -0.1) is 0 Å². The van der Waals surface area contributed by atoms with Crippen molar-refractivity contribution >= 4 is 23.4 Å². The van der Waals surface area contributed by atoms with Crippen LogP contribution in [0.1, 0.15) is 30.5 Å². The van der Waals surface area contributed by atoms with Crippen LogP contribution in [0.5, 0.6) is 0 Å². The van der Waals surface area contributed by atoms with E-state index in [2.05, 4.69) is 10.6 Å². The van der Waals surface area contributed by atoms with Gasteiger partial charge < -0.3 is 10.6 Å². The Labute approximate surface area is 158 Å². The molecule has 0 aliphatic heterocycles. The second kappa shape index (κ2) is 8.37. The minimum Gasteiger partial charge on any atom is -0.356 e. The van der Waals surface area contributed by atoms with Gasteiger partial charge in [0.2, 0.25) is 11.8 Å². The zero-order chi connectivity index (χ0) is 18.5. The lowest BCUT2D eigenvalue weighted by molar-refractivity contribution is -0.127. The Morgan fingerprint density at radius 2 is 1.81 bits per heavy atom. The van der Waals surface area contributed by atoms with E-state index in [4.69, 9.17) is 11.6 Å². The van der Waals surface area contributed by atoms with E-state index in [-0.39, 0.29) is 29.7 Å². The van der Waals surface area contributed by atoms with Crippen LogP contribution < -0.4 is 10.6 Å². The van der Waals surface area contributed by atoms with Crippen LogP contribution in [0.15, 0.2) is 54.6 Å². The number of carbonyl (C=O) groups is 2. The molecule has 5 heteroatoms. The van der Waals surface area contributed by atoms with E-state index >= 15 is 0 Å². The molecule has 3 rings (SSSR count). The maximum atomic E-state index is 12.3. The summed E-state index contributed by atoms with van der Waals surface area (Å²) in [6.45, 7) is 2.50. The Morgan fingerprint density at radius 1 is 1.08 bits per heavy atom. The molecule has 0 aromatic heterocycles. The van der Waals surface area contributed by atoms with Crippen molar-refractivity contribution in [3.05, 3.63) is 70.7 Å². The van der Waals surface area contributed by atoms with Crippen LogP contribution in [0.2, 0.25) is 5.02 Å². The first kappa shape index (κ1) is 18.5. The summed E-state index contributed by atoms with van der Waals surface area (Å²) in [5, 5.41) is 6.61. The average Bonchev–Trinajstić information content (AvgIpc) is 3.43. The number of hydrogen-bond donors (Lipinski definition) is 2. The number of halogens is 1. The van der Waals surface area contributed by atoms with Gasteiger partial charge in [-0.1, -0.05) is 54.1 Å². The first-order valence-corrected chi connectivity index (χ1v) is 9.30. The number of nitrogens with one attached hydrogen (secondary N) is 2. The molecule has 2 amide bonds. The maximum absolute atomic E-state index is 12.3. The first-order chi connectivity index (χ1) is 12.5. The summed E-state index contributed by atoms with van der Waals surface area (Å²) in [4.78, 5) is 24.5. The van der Waals surface area contributed by atoms with E-state index in [0.717, 1.165) is 17.5 Å². The zero-order valence-electron chi connectivity index (χ0n) is 14.7. The lowest BCUT2D eigenvalue weighted by Crippen LogP contribution is -2.32. The summed E-state index contributed by atoms with van der Waals surface area (Å²) < 4.78 is 0. The molecule has 136 valence electrons. The second-order valence-electron chi connectivity index (χ2n) is 6.76. The van der Waals surface area contributed by atoms with Crippen molar-refractivity contribution in [3.8, 4) is 0 Å². The predicted octanol–water partition coefficient (Wildman–Crippen LogP) is 3.51. The number of rotatable bonds is 7. The van der Waals surface area contributed by atoms with Crippen LogP contribution in [-0.4, -0.2) is 18.4 Å². The molecule has 0 radical (unpaired) electrons. The molecule has 1 aliphatic carbocycles. The summed E-state index contributed by atoms with van der Waals surface area (Å²) in [6.07, 6.45) is 1.34. The van der Waals surface area contributed by atoms with Gasteiger partial charge in [-0.25, -0.2) is 0 Å². The quantitative estimate of drug-likeness (QED) is 0.783. The minimum atomic E-state index is -0.215. The van der Waals surface area contributed by atoms with Crippen molar-refractivity contribution in [1.29, 1.82) is 0 Å². The number of hydrogen-bond acceptors (Lipinski definition) is 2. The summed E-state index contributed by atoms with van der Waals surface area (Å²) in [6, 6.07) is 17.4. The lowest BCUT2D eigenvalue weighted by atomic mass is 10.1. The highest BCUT2D eigenvalue weighted by Gasteiger charge is 2.48. The third-order valence-electron chi connectivity index (χ3n) is 4.72. The molecule has 2 aromatic rings. The number of benzene rings is 2. The van der Waals surface area contributed by atoms with E-state index in [1.807, 2.05) is 61.5 Å². The topological polar surface area (TPSA) is 58.2 Å². The normalized spacial score (nSPS) is 19.5. The van der Waals surface area contributed by atoms with Gasteiger partial charge in [-0.05, 0) is 43.0 Å². The SMILES string of the molecule is CC(NC(=O)C1CC1C(=O)NCCc1cccc(Cl)c1)c1ccccc1. The van der Waals surface area contributed by atoms with Crippen molar-refractivity contribution < 1.29 is 9.59 Å². The van der Waals surface area contributed by atoms with Gasteiger partial charge in [0.05, 0.1) is 17.9 Å². The van der Waals surface area contributed by atoms with Crippen molar-refractivity contribution in [1.82, 2.24) is 10.6 Å². The number of carbonyl (C=O) groups excluding carboxylic acids is 2. The van der Waals surface area contributed by atoms with Crippen molar-refractivity contribution in [2.75, 3.05) is 6.54 Å². The Hall–Kier alpha value is -2.33. The highest BCUT2D eigenvalue weighted by atomic mass is 35.5. The predicted molar refractivity (Wildman–Crippen MR) is 103 cm³/mol. The van der Waals surface area contributed by atoms with Gasteiger partial charge in [0.1, 0.15) is 0 Å². The van der Waals surface area contributed by atoms with Gasteiger partial charge in [0, 0.05) is 11.6 Å². The number of amides is 2.